The maximum absolute atomic E-state index is 12.0. The van der Waals surface area contributed by atoms with Crippen molar-refractivity contribution >= 4 is 5.65 Å². The molecule has 3 aromatic rings. The van der Waals surface area contributed by atoms with Crippen LogP contribution in [0.1, 0.15) is 18.7 Å². The fraction of sp³-hybridized carbons (Fsp3) is 0.273. The second kappa shape index (κ2) is 4.10. The van der Waals surface area contributed by atoms with Crippen LogP contribution in [-0.4, -0.2) is 24.4 Å². The fourth-order valence-electron chi connectivity index (χ4n) is 1.69. The van der Waals surface area contributed by atoms with E-state index in [9.17, 15) is 4.79 Å². The zero-order valence-corrected chi connectivity index (χ0v) is 9.78. The molecule has 3 rings (SSSR count). The van der Waals surface area contributed by atoms with Crippen LogP contribution in [-0.2, 0) is 13.0 Å². The first-order valence-electron chi connectivity index (χ1n) is 5.63. The third kappa shape index (κ3) is 1.69. The molecule has 7 heteroatoms. The second-order valence-electron chi connectivity index (χ2n) is 3.81. The average Bonchev–Trinajstić information content (AvgIpc) is 2.97. The Morgan fingerprint density at radius 1 is 1.28 bits per heavy atom. The van der Waals surface area contributed by atoms with Crippen LogP contribution in [0, 0.1) is 0 Å². The van der Waals surface area contributed by atoms with E-state index in [1.54, 1.807) is 18.3 Å². The third-order valence-corrected chi connectivity index (χ3v) is 2.58. The number of hydrogen-bond donors (Lipinski definition) is 0. The Hall–Kier alpha value is -2.44. The van der Waals surface area contributed by atoms with Gasteiger partial charge in [0.2, 0.25) is 11.8 Å². The summed E-state index contributed by atoms with van der Waals surface area (Å²) in [6, 6.07) is 5.37. The summed E-state index contributed by atoms with van der Waals surface area (Å²) in [6.07, 6.45) is 2.35. The first kappa shape index (κ1) is 10.7. The van der Waals surface area contributed by atoms with E-state index in [1.165, 1.54) is 9.08 Å². The van der Waals surface area contributed by atoms with Crippen molar-refractivity contribution in [1.82, 2.24) is 24.4 Å². The Morgan fingerprint density at radius 3 is 2.83 bits per heavy atom. The van der Waals surface area contributed by atoms with Gasteiger partial charge in [-0.05, 0) is 12.1 Å². The summed E-state index contributed by atoms with van der Waals surface area (Å²) < 4.78 is 8.13. The molecule has 0 aliphatic heterocycles. The van der Waals surface area contributed by atoms with E-state index in [-0.39, 0.29) is 12.2 Å². The third-order valence-electron chi connectivity index (χ3n) is 2.58. The second-order valence-corrected chi connectivity index (χ2v) is 3.81. The van der Waals surface area contributed by atoms with Gasteiger partial charge in [0.15, 0.2) is 5.65 Å². The smallest absolute Gasteiger partial charge is 0.350 e. The first-order valence-corrected chi connectivity index (χ1v) is 5.63. The van der Waals surface area contributed by atoms with Crippen molar-refractivity contribution in [3.05, 3.63) is 46.7 Å². The van der Waals surface area contributed by atoms with Gasteiger partial charge in [-0.2, -0.15) is 0 Å². The predicted molar refractivity (Wildman–Crippen MR) is 62.2 cm³/mol. The highest BCUT2D eigenvalue weighted by Crippen LogP contribution is 2.02. The van der Waals surface area contributed by atoms with E-state index in [2.05, 4.69) is 15.3 Å². The summed E-state index contributed by atoms with van der Waals surface area (Å²) in [5.41, 5.74) is 0.375. The van der Waals surface area contributed by atoms with Gasteiger partial charge in [-0.3, -0.25) is 4.40 Å². The van der Waals surface area contributed by atoms with Crippen molar-refractivity contribution in [2.75, 3.05) is 0 Å². The lowest BCUT2D eigenvalue weighted by Gasteiger charge is -1.92. The lowest BCUT2D eigenvalue weighted by molar-refractivity contribution is 0.430. The SMILES string of the molecule is CCc1nnc(Cn2nc3ccccn3c2=O)o1. The van der Waals surface area contributed by atoms with Crippen LogP contribution < -0.4 is 5.69 Å². The molecule has 0 aliphatic rings. The summed E-state index contributed by atoms with van der Waals surface area (Å²) in [5, 5.41) is 11.9. The number of fused-ring (bicyclic) bond motifs is 1. The first-order chi connectivity index (χ1) is 8.78. The number of aryl methyl sites for hydroxylation is 1. The predicted octanol–water partition coefficient (Wildman–Crippen LogP) is 0.490. The molecule has 0 saturated carbocycles. The molecule has 3 heterocycles. The molecular weight excluding hydrogens is 234 g/mol. The molecule has 0 amide bonds. The van der Waals surface area contributed by atoms with Crippen LogP contribution in [0.25, 0.3) is 5.65 Å². The highest BCUT2D eigenvalue weighted by molar-refractivity contribution is 5.35. The van der Waals surface area contributed by atoms with Gasteiger partial charge in [0.25, 0.3) is 0 Å². The minimum atomic E-state index is -0.221. The normalized spacial score (nSPS) is 11.2. The van der Waals surface area contributed by atoms with Crippen molar-refractivity contribution in [2.24, 2.45) is 0 Å². The van der Waals surface area contributed by atoms with Gasteiger partial charge in [-0.1, -0.05) is 13.0 Å². The molecule has 0 radical (unpaired) electrons. The molecule has 0 atom stereocenters. The van der Waals surface area contributed by atoms with E-state index in [0.717, 1.165) is 0 Å². The van der Waals surface area contributed by atoms with Crippen molar-refractivity contribution < 1.29 is 4.42 Å². The topological polar surface area (TPSA) is 78.2 Å². The zero-order valence-electron chi connectivity index (χ0n) is 9.78. The van der Waals surface area contributed by atoms with E-state index in [4.69, 9.17) is 4.42 Å². The van der Waals surface area contributed by atoms with E-state index in [1.807, 2.05) is 13.0 Å². The Bertz CT molecular complexity index is 739. The minimum absolute atomic E-state index is 0.188. The molecule has 0 bridgehead atoms. The lowest BCUT2D eigenvalue weighted by Crippen LogP contribution is -2.21. The summed E-state index contributed by atoms with van der Waals surface area (Å²) in [6.45, 7) is 2.11. The van der Waals surface area contributed by atoms with Crippen molar-refractivity contribution in [1.29, 1.82) is 0 Å². The van der Waals surface area contributed by atoms with E-state index in [0.29, 0.717) is 23.8 Å². The number of rotatable bonds is 3. The molecule has 0 aromatic carbocycles. The summed E-state index contributed by atoms with van der Waals surface area (Å²) in [5.74, 6) is 0.944. The lowest BCUT2D eigenvalue weighted by atomic mass is 10.5. The van der Waals surface area contributed by atoms with Crippen LogP contribution >= 0.6 is 0 Å². The number of aromatic nitrogens is 5. The standard InChI is InChI=1S/C11H11N5O2/c1-2-9-12-13-10(18-9)7-16-11(17)15-6-4-3-5-8(15)14-16/h3-6H,2,7H2,1H3. The highest BCUT2D eigenvalue weighted by atomic mass is 16.4. The van der Waals surface area contributed by atoms with Gasteiger partial charge in [-0.15, -0.1) is 15.3 Å². The molecule has 0 saturated heterocycles. The molecule has 7 nitrogen and oxygen atoms in total. The van der Waals surface area contributed by atoms with Crippen LogP contribution in [0.5, 0.6) is 0 Å². The Balaban J connectivity index is 1.99. The number of nitrogens with zero attached hydrogens (tertiary/aromatic N) is 5. The molecule has 3 aromatic heterocycles. The zero-order chi connectivity index (χ0) is 12.5. The van der Waals surface area contributed by atoms with Gasteiger partial charge >= 0.3 is 5.69 Å². The van der Waals surface area contributed by atoms with E-state index >= 15 is 0 Å². The molecular formula is C11H11N5O2. The minimum Gasteiger partial charge on any atom is -0.423 e. The van der Waals surface area contributed by atoms with Crippen molar-refractivity contribution in [2.45, 2.75) is 19.9 Å². The highest BCUT2D eigenvalue weighted by Gasteiger charge is 2.10. The Labute approximate surface area is 102 Å². The van der Waals surface area contributed by atoms with Crippen molar-refractivity contribution in [3.8, 4) is 0 Å². The average molecular weight is 245 g/mol. The quantitative estimate of drug-likeness (QED) is 0.671. The monoisotopic (exact) mass is 245 g/mol. The molecule has 18 heavy (non-hydrogen) atoms. The van der Waals surface area contributed by atoms with Gasteiger partial charge in [0.1, 0.15) is 6.54 Å². The summed E-state index contributed by atoms with van der Waals surface area (Å²) in [4.78, 5) is 12.0. The van der Waals surface area contributed by atoms with Crippen LogP contribution in [0.4, 0.5) is 0 Å². The molecule has 0 aliphatic carbocycles. The Kier molecular flexibility index (Phi) is 2.44. The largest absolute Gasteiger partial charge is 0.423 e. The van der Waals surface area contributed by atoms with Crippen LogP contribution in [0.15, 0.2) is 33.6 Å². The fourth-order valence-corrected chi connectivity index (χ4v) is 1.69. The van der Waals surface area contributed by atoms with Crippen molar-refractivity contribution in [3.63, 3.8) is 0 Å². The molecule has 0 N–H and O–H groups in total. The Morgan fingerprint density at radius 2 is 2.11 bits per heavy atom. The summed E-state index contributed by atoms with van der Waals surface area (Å²) in [7, 11) is 0. The number of pyridine rings is 1. The molecule has 0 spiro atoms. The van der Waals surface area contributed by atoms with Gasteiger partial charge < -0.3 is 4.42 Å². The van der Waals surface area contributed by atoms with Crippen LogP contribution in [0.2, 0.25) is 0 Å². The molecule has 0 unspecified atom stereocenters. The van der Waals surface area contributed by atoms with E-state index < -0.39 is 0 Å². The molecule has 92 valence electrons. The van der Waals surface area contributed by atoms with Gasteiger partial charge in [0, 0.05) is 12.6 Å². The number of hydrogen-bond acceptors (Lipinski definition) is 5. The molecule has 0 fully saturated rings. The van der Waals surface area contributed by atoms with Crippen LogP contribution in [0.3, 0.4) is 0 Å². The maximum Gasteiger partial charge on any atom is 0.350 e. The summed E-state index contributed by atoms with van der Waals surface area (Å²) >= 11 is 0. The maximum atomic E-state index is 12.0. The van der Waals surface area contributed by atoms with Gasteiger partial charge in [-0.25, -0.2) is 9.48 Å². The van der Waals surface area contributed by atoms with Gasteiger partial charge in [0.05, 0.1) is 0 Å².